The predicted molar refractivity (Wildman–Crippen MR) is 56.4 cm³/mol. The minimum atomic E-state index is -0.477. The van der Waals surface area contributed by atoms with Crippen LogP contribution in [0.1, 0.15) is 25.6 Å². The van der Waals surface area contributed by atoms with Gasteiger partial charge >= 0.3 is 0 Å². The minimum Gasteiger partial charge on any atom is -0.477 e. The van der Waals surface area contributed by atoms with Crippen molar-refractivity contribution in [2.24, 2.45) is 11.7 Å². The quantitative estimate of drug-likeness (QED) is 0.741. The number of aliphatic hydroxyl groups is 1. The summed E-state index contributed by atoms with van der Waals surface area (Å²) in [5, 5.41) is 8.87. The van der Waals surface area contributed by atoms with Gasteiger partial charge in [-0.15, -0.1) is 0 Å². The zero-order valence-electron chi connectivity index (χ0n) is 9.05. The molecule has 0 spiro atoms. The molecule has 1 heterocycles. The third-order valence-corrected chi connectivity index (χ3v) is 1.80. The zero-order valence-corrected chi connectivity index (χ0v) is 9.05. The average molecular weight is 211 g/mol. The van der Waals surface area contributed by atoms with Crippen LogP contribution in [0, 0.1) is 5.92 Å². The Morgan fingerprint density at radius 3 is 2.80 bits per heavy atom. The number of aromatic nitrogens is 2. The second-order valence-electron chi connectivity index (χ2n) is 3.78. The summed E-state index contributed by atoms with van der Waals surface area (Å²) in [6, 6.07) is 1.18. The first-order valence-electron chi connectivity index (χ1n) is 4.94. The van der Waals surface area contributed by atoms with E-state index < -0.39 is 6.04 Å². The van der Waals surface area contributed by atoms with Crippen molar-refractivity contribution in [1.82, 2.24) is 9.97 Å². The van der Waals surface area contributed by atoms with Crippen molar-refractivity contribution in [3.05, 3.63) is 18.1 Å². The second-order valence-corrected chi connectivity index (χ2v) is 3.78. The number of hydrogen-bond acceptors (Lipinski definition) is 5. The first-order valence-corrected chi connectivity index (χ1v) is 4.94. The van der Waals surface area contributed by atoms with Crippen LogP contribution in [0.3, 0.4) is 0 Å². The maximum atomic E-state index is 8.87. The zero-order chi connectivity index (χ0) is 11.3. The molecule has 1 rings (SSSR count). The van der Waals surface area contributed by atoms with Gasteiger partial charge < -0.3 is 15.6 Å². The molecule has 0 aliphatic heterocycles. The molecule has 0 fully saturated rings. The molecule has 5 nitrogen and oxygen atoms in total. The first-order chi connectivity index (χ1) is 7.13. The lowest BCUT2D eigenvalue weighted by Crippen LogP contribution is -2.16. The van der Waals surface area contributed by atoms with Crippen LogP contribution in [0.2, 0.25) is 0 Å². The van der Waals surface area contributed by atoms with E-state index in [9.17, 15) is 0 Å². The van der Waals surface area contributed by atoms with Gasteiger partial charge in [0.25, 0.3) is 0 Å². The highest BCUT2D eigenvalue weighted by atomic mass is 16.5. The maximum absolute atomic E-state index is 8.87. The Kier molecular flexibility index (Phi) is 4.45. The molecule has 3 N–H and O–H groups in total. The third-order valence-electron chi connectivity index (χ3n) is 1.80. The Labute approximate surface area is 89.3 Å². The van der Waals surface area contributed by atoms with Crippen LogP contribution in [0.15, 0.2) is 12.4 Å². The topological polar surface area (TPSA) is 81.3 Å². The van der Waals surface area contributed by atoms with Crippen molar-refractivity contribution in [1.29, 1.82) is 0 Å². The summed E-state index contributed by atoms with van der Waals surface area (Å²) in [5.41, 5.74) is 6.21. The minimum absolute atomic E-state index is 0.138. The summed E-state index contributed by atoms with van der Waals surface area (Å²) in [7, 11) is 0. The number of rotatable bonds is 5. The highest BCUT2D eigenvalue weighted by Crippen LogP contribution is 2.12. The second kappa shape index (κ2) is 5.63. The molecule has 84 valence electrons. The van der Waals surface area contributed by atoms with E-state index >= 15 is 0 Å². The molecule has 0 radical (unpaired) electrons. The summed E-state index contributed by atoms with van der Waals surface area (Å²) in [6.07, 6.45) is 1.39. The smallest absolute Gasteiger partial charge is 0.216 e. The van der Waals surface area contributed by atoms with E-state index in [1.807, 2.05) is 0 Å². The Balaban J connectivity index is 2.65. The molecule has 0 aliphatic rings. The summed E-state index contributed by atoms with van der Waals surface area (Å²) >= 11 is 0. The summed E-state index contributed by atoms with van der Waals surface area (Å²) in [4.78, 5) is 7.92. The lowest BCUT2D eigenvalue weighted by atomic mass is 10.2. The molecule has 0 saturated carbocycles. The van der Waals surface area contributed by atoms with Gasteiger partial charge in [-0.05, 0) is 5.92 Å². The Bertz CT molecular complexity index is 304. The van der Waals surface area contributed by atoms with Crippen molar-refractivity contribution in [3.63, 3.8) is 0 Å². The molecular weight excluding hydrogens is 194 g/mol. The number of nitrogens with zero attached hydrogens (tertiary/aromatic N) is 2. The third kappa shape index (κ3) is 3.81. The molecule has 5 heteroatoms. The van der Waals surface area contributed by atoms with E-state index in [-0.39, 0.29) is 6.61 Å². The van der Waals surface area contributed by atoms with Crippen LogP contribution in [0.25, 0.3) is 0 Å². The number of ether oxygens (including phenoxy) is 1. The van der Waals surface area contributed by atoms with Crippen LogP contribution in [0.5, 0.6) is 5.88 Å². The lowest BCUT2D eigenvalue weighted by molar-refractivity contribution is 0.255. The van der Waals surface area contributed by atoms with Gasteiger partial charge in [0.15, 0.2) is 0 Å². The fraction of sp³-hybridized carbons (Fsp3) is 0.600. The van der Waals surface area contributed by atoms with Crippen LogP contribution in [0.4, 0.5) is 0 Å². The van der Waals surface area contributed by atoms with Crippen molar-refractivity contribution < 1.29 is 9.84 Å². The van der Waals surface area contributed by atoms with E-state index in [0.717, 1.165) is 0 Å². The SMILES string of the molecule is CC(C)COc1cc(C(N)CO)ncn1. The molecule has 0 bridgehead atoms. The Morgan fingerprint density at radius 1 is 1.47 bits per heavy atom. The van der Waals surface area contributed by atoms with E-state index in [2.05, 4.69) is 23.8 Å². The predicted octanol–water partition coefficient (Wildman–Crippen LogP) is 0.503. The van der Waals surface area contributed by atoms with Gasteiger partial charge in [-0.2, -0.15) is 0 Å². The number of aliphatic hydroxyl groups excluding tert-OH is 1. The normalized spacial score (nSPS) is 12.9. The molecule has 0 amide bonds. The summed E-state index contributed by atoms with van der Waals surface area (Å²) in [6.45, 7) is 4.58. The highest BCUT2D eigenvalue weighted by Gasteiger charge is 2.08. The molecule has 1 unspecified atom stereocenters. The first kappa shape index (κ1) is 11.9. The van der Waals surface area contributed by atoms with Gasteiger partial charge in [-0.1, -0.05) is 13.8 Å². The molecule has 0 aliphatic carbocycles. The van der Waals surface area contributed by atoms with Crippen LogP contribution in [-0.2, 0) is 0 Å². The van der Waals surface area contributed by atoms with Crippen molar-refractivity contribution >= 4 is 0 Å². The monoisotopic (exact) mass is 211 g/mol. The van der Waals surface area contributed by atoms with Gasteiger partial charge in [-0.3, -0.25) is 0 Å². The molecule has 0 saturated heterocycles. The molecule has 0 aromatic carbocycles. The van der Waals surface area contributed by atoms with Gasteiger partial charge in [0.2, 0.25) is 5.88 Å². The van der Waals surface area contributed by atoms with E-state index in [4.69, 9.17) is 15.6 Å². The van der Waals surface area contributed by atoms with Crippen molar-refractivity contribution in [3.8, 4) is 5.88 Å². The molecule has 1 aromatic heterocycles. The largest absolute Gasteiger partial charge is 0.477 e. The fourth-order valence-electron chi connectivity index (χ4n) is 0.981. The van der Waals surface area contributed by atoms with Gasteiger partial charge in [0, 0.05) is 6.07 Å². The van der Waals surface area contributed by atoms with Gasteiger partial charge in [-0.25, -0.2) is 9.97 Å². The number of hydrogen-bond donors (Lipinski definition) is 2. The van der Waals surface area contributed by atoms with Crippen LogP contribution in [-0.4, -0.2) is 28.3 Å². The molecule has 15 heavy (non-hydrogen) atoms. The van der Waals surface area contributed by atoms with E-state index in [1.54, 1.807) is 6.07 Å². The molecular formula is C10H17N3O2. The van der Waals surface area contributed by atoms with E-state index in [0.29, 0.717) is 24.1 Å². The van der Waals surface area contributed by atoms with Crippen molar-refractivity contribution in [2.75, 3.05) is 13.2 Å². The fourth-order valence-corrected chi connectivity index (χ4v) is 0.981. The average Bonchev–Trinajstić information content (AvgIpc) is 2.25. The van der Waals surface area contributed by atoms with Crippen molar-refractivity contribution in [2.45, 2.75) is 19.9 Å². The summed E-state index contributed by atoms with van der Waals surface area (Å²) in [5.74, 6) is 0.938. The van der Waals surface area contributed by atoms with Crippen LogP contribution >= 0.6 is 0 Å². The standard InChI is InChI=1S/C10H17N3O2/c1-7(2)5-15-10-3-9(8(11)4-14)12-6-13-10/h3,6-8,14H,4-5,11H2,1-2H3. The molecule has 1 atom stereocenters. The van der Waals surface area contributed by atoms with Crippen LogP contribution < -0.4 is 10.5 Å². The summed E-state index contributed by atoms with van der Waals surface area (Å²) < 4.78 is 5.41. The lowest BCUT2D eigenvalue weighted by Gasteiger charge is -2.10. The molecule has 1 aromatic rings. The highest BCUT2D eigenvalue weighted by molar-refractivity contribution is 5.16. The maximum Gasteiger partial charge on any atom is 0.216 e. The number of nitrogens with two attached hydrogens (primary N) is 1. The van der Waals surface area contributed by atoms with E-state index in [1.165, 1.54) is 6.33 Å². The van der Waals surface area contributed by atoms with Gasteiger partial charge in [0.1, 0.15) is 6.33 Å². The Hall–Kier alpha value is -1.20. The Morgan fingerprint density at radius 2 is 2.20 bits per heavy atom. The van der Waals surface area contributed by atoms with Gasteiger partial charge in [0.05, 0.1) is 24.9 Å².